The van der Waals surface area contributed by atoms with E-state index in [-0.39, 0.29) is 12.1 Å². The maximum absolute atomic E-state index is 12.3. The van der Waals surface area contributed by atoms with Crippen LogP contribution >= 0.6 is 0 Å². The summed E-state index contributed by atoms with van der Waals surface area (Å²) >= 11 is 0. The van der Waals surface area contributed by atoms with Crippen LogP contribution in [0.5, 0.6) is 0 Å². The molecule has 0 aliphatic carbocycles. The van der Waals surface area contributed by atoms with Crippen LogP contribution in [0.1, 0.15) is 59.8 Å². The van der Waals surface area contributed by atoms with Gasteiger partial charge in [-0.05, 0) is 33.7 Å². The number of nitrogens with zero attached hydrogens (tertiary/aromatic N) is 1. The van der Waals surface area contributed by atoms with Gasteiger partial charge in [0, 0.05) is 13.1 Å². The van der Waals surface area contributed by atoms with E-state index in [0.29, 0.717) is 19.8 Å². The highest BCUT2D eigenvalue weighted by molar-refractivity contribution is 5.68. The highest BCUT2D eigenvalue weighted by Crippen LogP contribution is 2.14. The van der Waals surface area contributed by atoms with Gasteiger partial charge in [0.25, 0.3) is 0 Å². The summed E-state index contributed by atoms with van der Waals surface area (Å²) < 4.78 is 11.0. The zero-order chi connectivity index (χ0) is 16.4. The van der Waals surface area contributed by atoms with Crippen LogP contribution in [-0.4, -0.2) is 55.5 Å². The molecule has 0 aromatic carbocycles. The van der Waals surface area contributed by atoms with Crippen molar-refractivity contribution in [3.05, 3.63) is 0 Å². The number of carbonyl (C=O) groups is 1. The maximum Gasteiger partial charge on any atom is 0.410 e. The lowest BCUT2D eigenvalue weighted by Gasteiger charge is -2.36. The third kappa shape index (κ3) is 7.99. The van der Waals surface area contributed by atoms with E-state index in [9.17, 15) is 4.79 Å². The van der Waals surface area contributed by atoms with E-state index in [1.807, 2.05) is 20.8 Å². The van der Waals surface area contributed by atoms with E-state index < -0.39 is 5.60 Å². The number of unbranched alkanes of at least 4 members (excludes halogenated alkanes) is 4. The number of hydrogen-bond donors (Lipinski definition) is 1. The first-order valence-corrected chi connectivity index (χ1v) is 8.72. The molecule has 0 bridgehead atoms. The number of hydrogen-bond acceptors (Lipinski definition) is 4. The molecule has 1 rings (SSSR count). The Morgan fingerprint density at radius 1 is 1.27 bits per heavy atom. The van der Waals surface area contributed by atoms with Gasteiger partial charge in [-0.3, -0.25) is 4.90 Å². The summed E-state index contributed by atoms with van der Waals surface area (Å²) in [6.07, 6.45) is 6.15. The van der Waals surface area contributed by atoms with Crippen molar-refractivity contribution in [3.63, 3.8) is 0 Å². The third-order valence-electron chi connectivity index (χ3n) is 3.69. The lowest BCUT2D eigenvalue weighted by molar-refractivity contribution is -0.0316. The second-order valence-corrected chi connectivity index (χ2v) is 7.02. The van der Waals surface area contributed by atoms with Crippen molar-refractivity contribution in [1.29, 1.82) is 0 Å². The molecule has 1 fully saturated rings. The Bertz CT molecular complexity index is 316. The normalized spacial score (nSPS) is 19.3. The third-order valence-corrected chi connectivity index (χ3v) is 3.69. The van der Waals surface area contributed by atoms with E-state index in [0.717, 1.165) is 13.1 Å². The predicted octanol–water partition coefficient (Wildman–Crippen LogP) is 3.18. The average Bonchev–Trinajstić information content (AvgIpc) is 2.45. The van der Waals surface area contributed by atoms with E-state index in [4.69, 9.17) is 9.47 Å². The minimum atomic E-state index is -0.452. The van der Waals surface area contributed by atoms with E-state index in [1.165, 1.54) is 32.1 Å². The van der Waals surface area contributed by atoms with Crippen molar-refractivity contribution in [1.82, 2.24) is 10.2 Å². The van der Waals surface area contributed by atoms with Gasteiger partial charge in [0.15, 0.2) is 0 Å². The summed E-state index contributed by atoms with van der Waals surface area (Å²) in [5, 5.41) is 3.45. The second-order valence-electron chi connectivity index (χ2n) is 7.02. The molecule has 0 spiro atoms. The molecular weight excluding hydrogens is 280 g/mol. The molecule has 1 aliphatic heterocycles. The van der Waals surface area contributed by atoms with Crippen LogP contribution in [0.15, 0.2) is 0 Å². The van der Waals surface area contributed by atoms with Crippen LogP contribution < -0.4 is 5.32 Å². The molecule has 0 saturated carbocycles. The van der Waals surface area contributed by atoms with Gasteiger partial charge in [-0.2, -0.15) is 0 Å². The topological polar surface area (TPSA) is 50.8 Å². The van der Waals surface area contributed by atoms with Crippen molar-refractivity contribution in [2.75, 3.05) is 32.8 Å². The van der Waals surface area contributed by atoms with Gasteiger partial charge in [-0.15, -0.1) is 0 Å². The number of rotatable bonds is 8. The maximum atomic E-state index is 12.3. The van der Waals surface area contributed by atoms with Gasteiger partial charge >= 0.3 is 6.09 Å². The number of morpholine rings is 1. The number of nitrogens with one attached hydrogen (secondary N) is 1. The highest BCUT2D eigenvalue weighted by Gasteiger charge is 2.30. The standard InChI is InChI=1S/C17H34N2O3/c1-5-6-7-8-9-10-18-13-15-14-21-12-11-19(15)16(20)22-17(2,3)4/h15,18H,5-14H2,1-4H3. The summed E-state index contributed by atoms with van der Waals surface area (Å²) in [5.74, 6) is 0. The molecule has 1 unspecified atom stereocenters. The molecular formula is C17H34N2O3. The Labute approximate surface area is 135 Å². The van der Waals surface area contributed by atoms with Crippen LogP contribution in [0, 0.1) is 0 Å². The molecule has 1 heterocycles. The second kappa shape index (κ2) is 10.1. The van der Waals surface area contributed by atoms with Crippen molar-refractivity contribution in [2.24, 2.45) is 0 Å². The SMILES string of the molecule is CCCCCCCNCC1COCCN1C(=O)OC(C)(C)C. The quantitative estimate of drug-likeness (QED) is 0.699. The Morgan fingerprint density at radius 2 is 2.00 bits per heavy atom. The summed E-state index contributed by atoms with van der Waals surface area (Å²) in [6.45, 7) is 11.5. The first kappa shape index (κ1) is 19.2. The Morgan fingerprint density at radius 3 is 2.68 bits per heavy atom. The van der Waals surface area contributed by atoms with Crippen LogP contribution in [0.4, 0.5) is 4.79 Å². The van der Waals surface area contributed by atoms with E-state index in [2.05, 4.69) is 12.2 Å². The van der Waals surface area contributed by atoms with Gasteiger partial charge in [-0.1, -0.05) is 32.6 Å². The van der Waals surface area contributed by atoms with E-state index in [1.54, 1.807) is 4.90 Å². The first-order chi connectivity index (χ1) is 10.4. The Kier molecular flexibility index (Phi) is 8.79. The summed E-state index contributed by atoms with van der Waals surface area (Å²) in [6, 6.07) is 0.0687. The smallest absolute Gasteiger partial charge is 0.410 e. The number of carbonyl (C=O) groups excluding carboxylic acids is 1. The zero-order valence-electron chi connectivity index (χ0n) is 14.8. The highest BCUT2D eigenvalue weighted by atomic mass is 16.6. The fourth-order valence-corrected chi connectivity index (χ4v) is 2.51. The largest absolute Gasteiger partial charge is 0.444 e. The molecule has 1 amide bonds. The van der Waals surface area contributed by atoms with E-state index >= 15 is 0 Å². The number of ether oxygens (including phenoxy) is 2. The molecule has 130 valence electrons. The Hall–Kier alpha value is -0.810. The molecule has 5 heteroatoms. The van der Waals surface area contributed by atoms with Gasteiger partial charge in [0.05, 0.1) is 19.3 Å². The minimum Gasteiger partial charge on any atom is -0.444 e. The molecule has 1 aliphatic rings. The first-order valence-electron chi connectivity index (χ1n) is 8.72. The molecule has 1 atom stereocenters. The Balaban J connectivity index is 2.28. The monoisotopic (exact) mass is 314 g/mol. The summed E-state index contributed by atoms with van der Waals surface area (Å²) in [4.78, 5) is 14.1. The zero-order valence-corrected chi connectivity index (χ0v) is 14.8. The van der Waals surface area contributed by atoms with Crippen LogP contribution in [0.2, 0.25) is 0 Å². The fourth-order valence-electron chi connectivity index (χ4n) is 2.51. The molecule has 0 aromatic heterocycles. The van der Waals surface area contributed by atoms with Crippen molar-refractivity contribution in [2.45, 2.75) is 71.4 Å². The van der Waals surface area contributed by atoms with Crippen molar-refractivity contribution >= 4 is 6.09 Å². The minimum absolute atomic E-state index is 0.0687. The van der Waals surface area contributed by atoms with Crippen LogP contribution in [0.25, 0.3) is 0 Å². The van der Waals surface area contributed by atoms with Gasteiger partial charge in [0.1, 0.15) is 5.60 Å². The van der Waals surface area contributed by atoms with Gasteiger partial charge in [0.2, 0.25) is 0 Å². The molecule has 0 radical (unpaired) electrons. The van der Waals surface area contributed by atoms with Gasteiger partial charge < -0.3 is 14.8 Å². The summed E-state index contributed by atoms with van der Waals surface area (Å²) in [7, 11) is 0. The van der Waals surface area contributed by atoms with Crippen molar-refractivity contribution < 1.29 is 14.3 Å². The summed E-state index contributed by atoms with van der Waals surface area (Å²) in [5.41, 5.74) is -0.452. The van der Waals surface area contributed by atoms with Crippen LogP contribution in [0.3, 0.4) is 0 Å². The predicted molar refractivity (Wildman–Crippen MR) is 89.2 cm³/mol. The lowest BCUT2D eigenvalue weighted by atomic mass is 10.1. The fraction of sp³-hybridized carbons (Fsp3) is 0.941. The van der Waals surface area contributed by atoms with Crippen LogP contribution in [-0.2, 0) is 9.47 Å². The van der Waals surface area contributed by atoms with Gasteiger partial charge in [-0.25, -0.2) is 4.79 Å². The number of amides is 1. The average molecular weight is 314 g/mol. The molecule has 5 nitrogen and oxygen atoms in total. The molecule has 22 heavy (non-hydrogen) atoms. The van der Waals surface area contributed by atoms with Crippen molar-refractivity contribution in [3.8, 4) is 0 Å². The molecule has 1 N–H and O–H groups in total. The lowest BCUT2D eigenvalue weighted by Crippen LogP contribution is -2.54. The molecule has 1 saturated heterocycles. The molecule has 0 aromatic rings.